The maximum absolute atomic E-state index is 11.5. The quantitative estimate of drug-likeness (QED) is 0.732. The van der Waals surface area contributed by atoms with E-state index in [1.165, 1.54) is 0 Å². The van der Waals surface area contributed by atoms with Gasteiger partial charge < -0.3 is 9.64 Å². The molecule has 0 aromatic heterocycles. The van der Waals surface area contributed by atoms with Crippen LogP contribution in [0.4, 0.5) is 5.69 Å². The van der Waals surface area contributed by atoms with Crippen molar-refractivity contribution in [1.82, 2.24) is 0 Å². The normalized spacial score (nSPS) is 16.5. The fourth-order valence-corrected chi connectivity index (χ4v) is 1.58. The van der Waals surface area contributed by atoms with Gasteiger partial charge in [0.2, 0.25) is 0 Å². The summed E-state index contributed by atoms with van der Waals surface area (Å²) in [5.74, 6) is 0.0209. The first-order valence-corrected chi connectivity index (χ1v) is 4.92. The number of rotatable bonds is 2. The lowest BCUT2D eigenvalue weighted by Gasteiger charge is -2.26. The molecular weight excluding hydrogens is 190 g/mol. The number of hydrogen-bond acceptors (Lipinski definition) is 2. The molecule has 0 unspecified atom stereocenters. The molecule has 3 heteroatoms. The van der Waals surface area contributed by atoms with Gasteiger partial charge in [0.15, 0.2) is 0 Å². The van der Waals surface area contributed by atoms with Crippen LogP contribution in [-0.4, -0.2) is 25.7 Å². The number of morpholine rings is 1. The van der Waals surface area contributed by atoms with Gasteiger partial charge in [-0.2, -0.15) is 0 Å². The second-order valence-corrected chi connectivity index (χ2v) is 3.39. The van der Waals surface area contributed by atoms with Gasteiger partial charge in [0.25, 0.3) is 5.91 Å². The SMILES string of the molecule is C=Cc1ccc(N2CCOCC2=O)cc1. The van der Waals surface area contributed by atoms with Gasteiger partial charge in [0, 0.05) is 12.2 Å². The highest BCUT2D eigenvalue weighted by Gasteiger charge is 2.19. The zero-order chi connectivity index (χ0) is 10.7. The predicted molar refractivity (Wildman–Crippen MR) is 59.7 cm³/mol. The molecule has 78 valence electrons. The molecule has 1 heterocycles. The number of benzene rings is 1. The summed E-state index contributed by atoms with van der Waals surface area (Å²) in [4.78, 5) is 13.3. The molecule has 1 aromatic carbocycles. The van der Waals surface area contributed by atoms with Crippen LogP contribution in [0.25, 0.3) is 6.08 Å². The van der Waals surface area contributed by atoms with Crippen LogP contribution < -0.4 is 4.90 Å². The Kier molecular flexibility index (Phi) is 2.83. The van der Waals surface area contributed by atoms with Gasteiger partial charge in [-0.3, -0.25) is 4.79 Å². The number of ether oxygens (including phenoxy) is 1. The summed E-state index contributed by atoms with van der Waals surface area (Å²) in [6.07, 6.45) is 1.78. The Morgan fingerprint density at radius 1 is 1.33 bits per heavy atom. The minimum atomic E-state index is 0.0209. The molecule has 1 saturated heterocycles. The molecule has 0 aliphatic carbocycles. The summed E-state index contributed by atoms with van der Waals surface area (Å²) in [6.45, 7) is 5.11. The first-order valence-electron chi connectivity index (χ1n) is 4.92. The van der Waals surface area contributed by atoms with Gasteiger partial charge in [-0.15, -0.1) is 0 Å². The van der Waals surface area contributed by atoms with Gasteiger partial charge in [0.05, 0.1) is 6.61 Å². The van der Waals surface area contributed by atoms with Crippen LogP contribution in [0.1, 0.15) is 5.56 Å². The van der Waals surface area contributed by atoms with Gasteiger partial charge in [-0.25, -0.2) is 0 Å². The Hall–Kier alpha value is -1.61. The maximum Gasteiger partial charge on any atom is 0.253 e. The molecular formula is C12H13NO2. The average molecular weight is 203 g/mol. The monoisotopic (exact) mass is 203 g/mol. The van der Waals surface area contributed by atoms with Crippen molar-refractivity contribution >= 4 is 17.7 Å². The lowest BCUT2D eigenvalue weighted by molar-refractivity contribution is -0.125. The van der Waals surface area contributed by atoms with E-state index >= 15 is 0 Å². The Morgan fingerprint density at radius 2 is 2.07 bits per heavy atom. The maximum atomic E-state index is 11.5. The molecule has 0 N–H and O–H groups in total. The molecule has 0 saturated carbocycles. The molecule has 15 heavy (non-hydrogen) atoms. The van der Waals surface area contributed by atoms with E-state index in [2.05, 4.69) is 6.58 Å². The Labute approximate surface area is 89.0 Å². The molecule has 0 bridgehead atoms. The number of amides is 1. The molecule has 1 aliphatic rings. The number of hydrogen-bond donors (Lipinski definition) is 0. The number of carbonyl (C=O) groups excluding carboxylic acids is 1. The smallest absolute Gasteiger partial charge is 0.253 e. The first-order chi connectivity index (χ1) is 7.31. The highest BCUT2D eigenvalue weighted by molar-refractivity contribution is 5.94. The number of carbonyl (C=O) groups is 1. The second-order valence-electron chi connectivity index (χ2n) is 3.39. The van der Waals surface area contributed by atoms with Crippen molar-refractivity contribution in [2.45, 2.75) is 0 Å². The van der Waals surface area contributed by atoms with Crippen LogP contribution in [0.5, 0.6) is 0 Å². The van der Waals surface area contributed by atoms with E-state index in [0.717, 1.165) is 11.3 Å². The van der Waals surface area contributed by atoms with E-state index in [-0.39, 0.29) is 12.5 Å². The van der Waals surface area contributed by atoms with E-state index in [9.17, 15) is 4.79 Å². The van der Waals surface area contributed by atoms with Crippen molar-refractivity contribution in [2.75, 3.05) is 24.7 Å². The molecule has 1 fully saturated rings. The minimum absolute atomic E-state index is 0.0209. The molecule has 0 radical (unpaired) electrons. The zero-order valence-corrected chi connectivity index (χ0v) is 8.48. The minimum Gasteiger partial charge on any atom is -0.370 e. The predicted octanol–water partition coefficient (Wildman–Crippen LogP) is 1.69. The standard InChI is InChI=1S/C12H13NO2/c1-2-10-3-5-11(6-4-10)13-7-8-15-9-12(13)14/h2-6H,1,7-9H2. The van der Waals surface area contributed by atoms with Crippen molar-refractivity contribution in [2.24, 2.45) is 0 Å². The van der Waals surface area contributed by atoms with E-state index in [4.69, 9.17) is 4.74 Å². The Balaban J connectivity index is 2.20. The zero-order valence-electron chi connectivity index (χ0n) is 8.48. The van der Waals surface area contributed by atoms with Gasteiger partial charge in [-0.1, -0.05) is 24.8 Å². The van der Waals surface area contributed by atoms with Crippen LogP contribution in [-0.2, 0) is 9.53 Å². The molecule has 2 rings (SSSR count). The van der Waals surface area contributed by atoms with Crippen LogP contribution in [0.2, 0.25) is 0 Å². The molecule has 0 spiro atoms. The summed E-state index contributed by atoms with van der Waals surface area (Å²) < 4.78 is 5.07. The van der Waals surface area contributed by atoms with Crippen molar-refractivity contribution in [3.8, 4) is 0 Å². The second kappa shape index (κ2) is 4.28. The van der Waals surface area contributed by atoms with Crippen LogP contribution in [0.3, 0.4) is 0 Å². The van der Waals surface area contributed by atoms with E-state index in [1.54, 1.807) is 11.0 Å². The number of anilines is 1. The van der Waals surface area contributed by atoms with Crippen LogP contribution in [0, 0.1) is 0 Å². The fraction of sp³-hybridized carbons (Fsp3) is 0.250. The number of nitrogens with zero attached hydrogens (tertiary/aromatic N) is 1. The van der Waals surface area contributed by atoms with E-state index in [0.29, 0.717) is 13.2 Å². The fourth-order valence-electron chi connectivity index (χ4n) is 1.58. The summed E-state index contributed by atoms with van der Waals surface area (Å²) in [5, 5.41) is 0. The third kappa shape index (κ3) is 2.07. The molecule has 1 amide bonds. The van der Waals surface area contributed by atoms with Gasteiger partial charge in [0.1, 0.15) is 6.61 Å². The Morgan fingerprint density at radius 3 is 2.67 bits per heavy atom. The Bertz CT molecular complexity index is 370. The highest BCUT2D eigenvalue weighted by atomic mass is 16.5. The van der Waals surface area contributed by atoms with Crippen molar-refractivity contribution in [3.05, 3.63) is 36.4 Å². The topological polar surface area (TPSA) is 29.5 Å². The van der Waals surface area contributed by atoms with Crippen molar-refractivity contribution in [3.63, 3.8) is 0 Å². The first kappa shape index (κ1) is 9.93. The molecule has 3 nitrogen and oxygen atoms in total. The average Bonchev–Trinajstić information content (AvgIpc) is 2.30. The van der Waals surface area contributed by atoms with Gasteiger partial charge >= 0.3 is 0 Å². The van der Waals surface area contributed by atoms with Gasteiger partial charge in [-0.05, 0) is 17.7 Å². The molecule has 0 atom stereocenters. The van der Waals surface area contributed by atoms with E-state index in [1.807, 2.05) is 24.3 Å². The third-order valence-corrected chi connectivity index (χ3v) is 2.43. The lowest BCUT2D eigenvalue weighted by Crippen LogP contribution is -2.41. The summed E-state index contributed by atoms with van der Waals surface area (Å²) >= 11 is 0. The molecule has 1 aromatic rings. The van der Waals surface area contributed by atoms with Crippen LogP contribution >= 0.6 is 0 Å². The lowest BCUT2D eigenvalue weighted by atomic mass is 10.2. The van der Waals surface area contributed by atoms with Crippen LogP contribution in [0.15, 0.2) is 30.8 Å². The summed E-state index contributed by atoms with van der Waals surface area (Å²) in [7, 11) is 0. The highest BCUT2D eigenvalue weighted by Crippen LogP contribution is 2.17. The third-order valence-electron chi connectivity index (χ3n) is 2.43. The molecule has 1 aliphatic heterocycles. The van der Waals surface area contributed by atoms with E-state index < -0.39 is 0 Å². The summed E-state index contributed by atoms with van der Waals surface area (Å²) in [6, 6.07) is 7.76. The van der Waals surface area contributed by atoms with Crippen molar-refractivity contribution < 1.29 is 9.53 Å². The summed E-state index contributed by atoms with van der Waals surface area (Å²) in [5.41, 5.74) is 1.98. The van der Waals surface area contributed by atoms with Crippen molar-refractivity contribution in [1.29, 1.82) is 0 Å². The largest absolute Gasteiger partial charge is 0.370 e.